The summed E-state index contributed by atoms with van der Waals surface area (Å²) in [6.45, 7) is 8.76. The molecular weight excluding hydrogens is 384 g/mol. The maximum Gasteiger partial charge on any atom is 0.234 e. The number of ether oxygens (including phenoxy) is 1. The first-order chi connectivity index (χ1) is 14.0. The standard InChI is InChI=1S/C22H26N4O2S/c1-5-26-21(17(4)28-19-9-7-6-8-10-19)24-25-22(26)29-14-20(27)23-18-12-11-15(2)16(3)13-18/h6-13,17H,5,14H2,1-4H3,(H,23,27)/t17-/m1/s1. The van der Waals surface area contributed by atoms with Gasteiger partial charge in [-0.2, -0.15) is 0 Å². The predicted octanol–water partition coefficient (Wildman–Crippen LogP) is 4.79. The average Bonchev–Trinajstić information content (AvgIpc) is 3.13. The lowest BCUT2D eigenvalue weighted by Crippen LogP contribution is -2.15. The topological polar surface area (TPSA) is 69.0 Å². The van der Waals surface area contributed by atoms with Gasteiger partial charge in [-0.3, -0.25) is 4.79 Å². The number of para-hydroxylation sites is 1. The zero-order valence-electron chi connectivity index (χ0n) is 17.2. The molecule has 0 aliphatic carbocycles. The zero-order chi connectivity index (χ0) is 20.8. The second kappa shape index (κ2) is 9.60. The molecule has 3 rings (SSSR count). The highest BCUT2D eigenvalue weighted by atomic mass is 32.2. The van der Waals surface area contributed by atoms with Gasteiger partial charge in [-0.05, 0) is 63.1 Å². The molecule has 1 N–H and O–H groups in total. The third kappa shape index (κ3) is 5.38. The van der Waals surface area contributed by atoms with Gasteiger partial charge in [0.2, 0.25) is 5.91 Å². The normalized spacial score (nSPS) is 11.9. The zero-order valence-corrected chi connectivity index (χ0v) is 18.0. The Kier molecular flexibility index (Phi) is 6.93. The number of carbonyl (C=O) groups excluding carboxylic acids is 1. The van der Waals surface area contributed by atoms with Crippen LogP contribution >= 0.6 is 11.8 Å². The lowest BCUT2D eigenvalue weighted by molar-refractivity contribution is -0.113. The Balaban J connectivity index is 1.62. The first-order valence-electron chi connectivity index (χ1n) is 9.62. The minimum Gasteiger partial charge on any atom is -0.483 e. The SMILES string of the molecule is CCn1c(SCC(=O)Nc2ccc(C)c(C)c2)nnc1[C@@H](C)Oc1ccccc1. The highest BCUT2D eigenvalue weighted by Crippen LogP contribution is 2.24. The number of aryl methyl sites for hydroxylation is 2. The van der Waals surface area contributed by atoms with Crippen LogP contribution in [0.1, 0.15) is 36.9 Å². The molecule has 0 aliphatic heterocycles. The first kappa shape index (κ1) is 20.9. The third-order valence-electron chi connectivity index (χ3n) is 4.60. The number of carbonyl (C=O) groups is 1. The molecule has 29 heavy (non-hydrogen) atoms. The van der Waals surface area contributed by atoms with Crippen LogP contribution in [0.25, 0.3) is 0 Å². The molecule has 0 spiro atoms. The van der Waals surface area contributed by atoms with Gasteiger partial charge in [0.15, 0.2) is 17.1 Å². The van der Waals surface area contributed by atoms with Crippen LogP contribution in [0, 0.1) is 13.8 Å². The van der Waals surface area contributed by atoms with E-state index in [0.29, 0.717) is 11.7 Å². The van der Waals surface area contributed by atoms with Gasteiger partial charge < -0.3 is 14.6 Å². The summed E-state index contributed by atoms with van der Waals surface area (Å²) in [7, 11) is 0. The lowest BCUT2D eigenvalue weighted by atomic mass is 10.1. The van der Waals surface area contributed by atoms with Crippen molar-refractivity contribution in [1.29, 1.82) is 0 Å². The van der Waals surface area contributed by atoms with E-state index >= 15 is 0 Å². The van der Waals surface area contributed by atoms with Crippen molar-refractivity contribution in [2.24, 2.45) is 0 Å². The Morgan fingerprint density at radius 1 is 1.14 bits per heavy atom. The summed E-state index contributed by atoms with van der Waals surface area (Å²) >= 11 is 1.37. The van der Waals surface area contributed by atoms with Gasteiger partial charge >= 0.3 is 0 Å². The van der Waals surface area contributed by atoms with E-state index in [1.165, 1.54) is 17.3 Å². The fourth-order valence-corrected chi connectivity index (χ4v) is 3.72. The maximum atomic E-state index is 12.3. The number of aromatic nitrogens is 3. The first-order valence-corrected chi connectivity index (χ1v) is 10.6. The van der Waals surface area contributed by atoms with Crippen molar-refractivity contribution < 1.29 is 9.53 Å². The summed E-state index contributed by atoms with van der Waals surface area (Å²) < 4.78 is 7.96. The van der Waals surface area contributed by atoms with E-state index in [0.717, 1.165) is 22.8 Å². The molecule has 0 unspecified atom stereocenters. The fourth-order valence-electron chi connectivity index (χ4n) is 2.91. The molecule has 1 atom stereocenters. The van der Waals surface area contributed by atoms with Crippen LogP contribution < -0.4 is 10.1 Å². The molecule has 0 saturated carbocycles. The molecule has 2 aromatic carbocycles. The molecule has 152 valence electrons. The molecule has 3 aromatic rings. The smallest absolute Gasteiger partial charge is 0.234 e. The van der Waals surface area contributed by atoms with E-state index in [1.54, 1.807) is 0 Å². The van der Waals surface area contributed by atoms with E-state index in [1.807, 2.05) is 73.9 Å². The van der Waals surface area contributed by atoms with Gasteiger partial charge in [0.25, 0.3) is 0 Å². The summed E-state index contributed by atoms with van der Waals surface area (Å²) in [6, 6.07) is 15.5. The van der Waals surface area contributed by atoms with E-state index < -0.39 is 0 Å². The number of amides is 1. The van der Waals surface area contributed by atoms with Gasteiger partial charge in [-0.15, -0.1) is 10.2 Å². The van der Waals surface area contributed by atoms with Crippen LogP contribution in [0.3, 0.4) is 0 Å². The molecule has 7 heteroatoms. The summed E-state index contributed by atoms with van der Waals surface area (Å²) in [5.41, 5.74) is 3.16. The molecule has 0 aliphatic rings. The van der Waals surface area contributed by atoms with Crippen LogP contribution in [0.4, 0.5) is 5.69 Å². The van der Waals surface area contributed by atoms with Crippen LogP contribution in [-0.4, -0.2) is 26.4 Å². The quantitative estimate of drug-likeness (QED) is 0.541. The lowest BCUT2D eigenvalue weighted by Gasteiger charge is -2.15. The van der Waals surface area contributed by atoms with E-state index in [4.69, 9.17) is 4.74 Å². The number of nitrogens with one attached hydrogen (secondary N) is 1. The van der Waals surface area contributed by atoms with Crippen LogP contribution in [0.5, 0.6) is 5.75 Å². The fraction of sp³-hybridized carbons (Fsp3) is 0.318. The highest BCUT2D eigenvalue weighted by molar-refractivity contribution is 7.99. The van der Waals surface area contributed by atoms with E-state index in [2.05, 4.69) is 22.4 Å². The van der Waals surface area contributed by atoms with E-state index in [9.17, 15) is 4.79 Å². The number of thioether (sulfide) groups is 1. The second-order valence-corrected chi connectivity index (χ2v) is 7.74. The summed E-state index contributed by atoms with van der Waals surface area (Å²) in [5.74, 6) is 1.72. The van der Waals surface area contributed by atoms with Gasteiger partial charge in [0.05, 0.1) is 5.75 Å². The molecule has 0 saturated heterocycles. The number of anilines is 1. The molecule has 0 bridgehead atoms. The Bertz CT molecular complexity index is 972. The largest absolute Gasteiger partial charge is 0.483 e. The van der Waals surface area contributed by atoms with Gasteiger partial charge in [-0.25, -0.2) is 0 Å². The number of nitrogens with zero attached hydrogens (tertiary/aromatic N) is 3. The number of hydrogen-bond donors (Lipinski definition) is 1. The van der Waals surface area contributed by atoms with Gasteiger partial charge in [-0.1, -0.05) is 36.0 Å². The van der Waals surface area contributed by atoms with Crippen molar-refractivity contribution in [2.45, 2.75) is 45.5 Å². The van der Waals surface area contributed by atoms with Crippen molar-refractivity contribution >= 4 is 23.4 Å². The minimum atomic E-state index is -0.247. The second-order valence-electron chi connectivity index (χ2n) is 6.79. The molecule has 6 nitrogen and oxygen atoms in total. The summed E-state index contributed by atoms with van der Waals surface area (Å²) in [6.07, 6.45) is -0.247. The molecule has 1 amide bonds. The maximum absolute atomic E-state index is 12.3. The molecule has 1 aromatic heterocycles. The van der Waals surface area contributed by atoms with Gasteiger partial charge in [0.1, 0.15) is 5.75 Å². The van der Waals surface area contributed by atoms with Crippen LogP contribution in [0.2, 0.25) is 0 Å². The Morgan fingerprint density at radius 2 is 1.90 bits per heavy atom. The monoisotopic (exact) mass is 410 g/mol. The Labute approximate surface area is 175 Å². The Morgan fingerprint density at radius 3 is 2.59 bits per heavy atom. The van der Waals surface area contributed by atoms with Crippen molar-refractivity contribution in [1.82, 2.24) is 14.8 Å². The van der Waals surface area contributed by atoms with Crippen molar-refractivity contribution in [3.63, 3.8) is 0 Å². The number of benzene rings is 2. The molecular formula is C22H26N4O2S. The molecule has 0 fully saturated rings. The molecule has 0 radical (unpaired) electrons. The van der Waals surface area contributed by atoms with Crippen LogP contribution in [0.15, 0.2) is 53.7 Å². The highest BCUT2D eigenvalue weighted by Gasteiger charge is 2.19. The third-order valence-corrected chi connectivity index (χ3v) is 5.57. The number of hydrogen-bond acceptors (Lipinski definition) is 5. The van der Waals surface area contributed by atoms with Crippen LogP contribution in [-0.2, 0) is 11.3 Å². The molecule has 1 heterocycles. The van der Waals surface area contributed by atoms with Crippen molar-refractivity contribution in [2.75, 3.05) is 11.1 Å². The predicted molar refractivity (Wildman–Crippen MR) is 116 cm³/mol. The van der Waals surface area contributed by atoms with Crippen molar-refractivity contribution in [3.8, 4) is 5.75 Å². The minimum absolute atomic E-state index is 0.0703. The Hall–Kier alpha value is -2.80. The average molecular weight is 411 g/mol. The van der Waals surface area contributed by atoms with Gasteiger partial charge in [0, 0.05) is 12.2 Å². The van der Waals surface area contributed by atoms with Crippen molar-refractivity contribution in [3.05, 3.63) is 65.5 Å². The summed E-state index contributed by atoms with van der Waals surface area (Å²) in [5, 5.41) is 12.2. The van der Waals surface area contributed by atoms with E-state index in [-0.39, 0.29) is 17.8 Å². The number of rotatable bonds is 8. The summed E-state index contributed by atoms with van der Waals surface area (Å²) in [4.78, 5) is 12.3.